The average Bonchev–Trinajstić information content (AvgIpc) is 3.30. The number of amides is 1. The number of aromatic nitrogens is 3. The predicted octanol–water partition coefficient (Wildman–Crippen LogP) is 3.34. The van der Waals surface area contributed by atoms with Crippen LogP contribution >= 0.6 is 0 Å². The standard InChI is InChI=1S/C23H20F4N4O4/c1-13-10-29(12-28-13)15-6-7-16-21(33)30(8-9-31(16)20(15)32)14(2)11-34-17-4-3-5-18-19(17)22(24,25)23(26,27)35-18/h3-7,10,12,14H,8-9,11H2,1-2H3/t14-/m0/s1. The van der Waals surface area contributed by atoms with Gasteiger partial charge in [0.2, 0.25) is 0 Å². The van der Waals surface area contributed by atoms with Crippen LogP contribution in [0.25, 0.3) is 5.69 Å². The molecule has 2 aromatic heterocycles. The van der Waals surface area contributed by atoms with Crippen molar-refractivity contribution in [2.75, 3.05) is 13.2 Å². The molecule has 1 atom stereocenters. The summed E-state index contributed by atoms with van der Waals surface area (Å²) in [4.78, 5) is 31.6. The molecule has 5 rings (SSSR count). The number of halogens is 4. The van der Waals surface area contributed by atoms with Gasteiger partial charge in [0, 0.05) is 19.3 Å². The van der Waals surface area contributed by atoms with E-state index in [-0.39, 0.29) is 30.9 Å². The minimum Gasteiger partial charge on any atom is -0.491 e. The lowest BCUT2D eigenvalue weighted by Crippen LogP contribution is -2.50. The maximum absolute atomic E-state index is 14.2. The molecule has 1 aromatic carbocycles. The molecule has 1 amide bonds. The molecule has 2 aliphatic rings. The first kappa shape index (κ1) is 22.9. The van der Waals surface area contributed by atoms with Crippen LogP contribution in [0.3, 0.4) is 0 Å². The van der Waals surface area contributed by atoms with Gasteiger partial charge in [-0.25, -0.2) is 4.98 Å². The molecule has 2 aliphatic heterocycles. The van der Waals surface area contributed by atoms with E-state index in [0.29, 0.717) is 5.69 Å². The Labute approximate surface area is 196 Å². The van der Waals surface area contributed by atoms with Gasteiger partial charge in [0.1, 0.15) is 35.1 Å². The summed E-state index contributed by atoms with van der Waals surface area (Å²) in [5.41, 5.74) is -0.111. The minimum absolute atomic E-state index is 0.174. The molecule has 184 valence electrons. The Bertz CT molecular complexity index is 1380. The van der Waals surface area contributed by atoms with Gasteiger partial charge in [0.15, 0.2) is 0 Å². The van der Waals surface area contributed by atoms with Gasteiger partial charge in [-0.3, -0.25) is 9.59 Å². The SMILES string of the molecule is Cc1cn(-c2ccc3n(c2=O)CCN([C@@H](C)COc2cccc4c2C(F)(F)C(F)(F)O4)C3=O)cn1. The van der Waals surface area contributed by atoms with Crippen molar-refractivity contribution in [3.8, 4) is 17.2 Å². The van der Waals surface area contributed by atoms with Crippen LogP contribution in [-0.4, -0.2) is 50.2 Å². The molecular weight excluding hydrogens is 472 g/mol. The summed E-state index contributed by atoms with van der Waals surface area (Å²) in [5, 5.41) is 0. The van der Waals surface area contributed by atoms with Crippen LogP contribution in [0.2, 0.25) is 0 Å². The number of hydrogen-bond donors (Lipinski definition) is 0. The number of fused-ring (bicyclic) bond motifs is 2. The molecule has 3 aromatic rings. The number of aryl methyl sites for hydroxylation is 1. The zero-order valence-electron chi connectivity index (χ0n) is 18.7. The Morgan fingerprint density at radius 3 is 2.63 bits per heavy atom. The monoisotopic (exact) mass is 492 g/mol. The van der Waals surface area contributed by atoms with Crippen molar-refractivity contribution in [1.82, 2.24) is 19.0 Å². The fourth-order valence-electron chi connectivity index (χ4n) is 4.28. The Morgan fingerprint density at radius 1 is 1.14 bits per heavy atom. The summed E-state index contributed by atoms with van der Waals surface area (Å²) in [5.74, 6) is -6.10. The number of rotatable bonds is 5. The van der Waals surface area contributed by atoms with E-state index in [2.05, 4.69) is 9.72 Å². The third-order valence-corrected chi connectivity index (χ3v) is 6.11. The number of carbonyl (C=O) groups is 1. The largest absolute Gasteiger partial charge is 0.491 e. The third-order valence-electron chi connectivity index (χ3n) is 6.11. The van der Waals surface area contributed by atoms with Gasteiger partial charge in [-0.1, -0.05) is 6.07 Å². The lowest BCUT2D eigenvalue weighted by atomic mass is 10.1. The van der Waals surface area contributed by atoms with Crippen LogP contribution in [0, 0.1) is 6.92 Å². The second kappa shape index (κ2) is 7.85. The molecule has 35 heavy (non-hydrogen) atoms. The summed E-state index contributed by atoms with van der Waals surface area (Å²) >= 11 is 0. The molecule has 0 N–H and O–H groups in total. The van der Waals surface area contributed by atoms with Crippen molar-refractivity contribution >= 4 is 5.91 Å². The molecule has 0 spiro atoms. The van der Waals surface area contributed by atoms with Crippen molar-refractivity contribution in [3.05, 3.63) is 70.2 Å². The highest BCUT2D eigenvalue weighted by Crippen LogP contribution is 2.56. The van der Waals surface area contributed by atoms with E-state index in [1.165, 1.54) is 34.0 Å². The van der Waals surface area contributed by atoms with Crippen LogP contribution < -0.4 is 15.0 Å². The smallest absolute Gasteiger partial charge is 0.469 e. The number of hydrogen-bond acceptors (Lipinski definition) is 5. The van der Waals surface area contributed by atoms with Crippen LogP contribution in [0.4, 0.5) is 17.6 Å². The van der Waals surface area contributed by atoms with E-state index in [4.69, 9.17) is 4.74 Å². The quantitative estimate of drug-likeness (QED) is 0.511. The predicted molar refractivity (Wildman–Crippen MR) is 114 cm³/mol. The Hall–Kier alpha value is -3.83. The molecular formula is C23H20F4N4O4. The first-order chi connectivity index (χ1) is 16.5. The summed E-state index contributed by atoms with van der Waals surface area (Å²) < 4.78 is 68.2. The zero-order chi connectivity index (χ0) is 25.1. The number of benzene rings is 1. The highest BCUT2D eigenvalue weighted by Gasteiger charge is 2.68. The van der Waals surface area contributed by atoms with E-state index in [1.807, 2.05) is 0 Å². The summed E-state index contributed by atoms with van der Waals surface area (Å²) in [6, 6.07) is 5.91. The number of nitrogens with zero attached hydrogens (tertiary/aromatic N) is 4. The maximum atomic E-state index is 14.2. The first-order valence-electron chi connectivity index (χ1n) is 10.8. The number of pyridine rings is 1. The summed E-state index contributed by atoms with van der Waals surface area (Å²) in [6.45, 7) is 3.58. The molecule has 0 saturated carbocycles. The number of ether oxygens (including phenoxy) is 2. The lowest BCUT2D eigenvalue weighted by molar-refractivity contribution is -0.296. The third kappa shape index (κ3) is 3.55. The number of alkyl halides is 4. The highest BCUT2D eigenvalue weighted by atomic mass is 19.3. The summed E-state index contributed by atoms with van der Waals surface area (Å²) in [7, 11) is 0. The molecule has 0 fully saturated rings. The van der Waals surface area contributed by atoms with E-state index in [0.717, 1.165) is 17.8 Å². The van der Waals surface area contributed by atoms with Gasteiger partial charge in [0.25, 0.3) is 11.5 Å². The second-order valence-electron chi connectivity index (χ2n) is 8.46. The Balaban J connectivity index is 1.34. The van der Waals surface area contributed by atoms with Gasteiger partial charge < -0.3 is 23.5 Å². The number of imidazole rings is 1. The fraction of sp³-hybridized carbons (Fsp3) is 0.348. The molecule has 4 heterocycles. The van der Waals surface area contributed by atoms with Crippen LogP contribution in [0.5, 0.6) is 11.5 Å². The van der Waals surface area contributed by atoms with E-state index < -0.39 is 41.0 Å². The molecule has 0 saturated heterocycles. The van der Waals surface area contributed by atoms with Crippen LogP contribution in [0.1, 0.15) is 28.7 Å². The average molecular weight is 492 g/mol. The van der Waals surface area contributed by atoms with Crippen molar-refractivity contribution in [2.45, 2.75) is 38.5 Å². The van der Waals surface area contributed by atoms with Gasteiger partial charge in [-0.15, -0.1) is 0 Å². The van der Waals surface area contributed by atoms with Gasteiger partial charge in [0.05, 0.1) is 18.1 Å². The first-order valence-corrected chi connectivity index (χ1v) is 10.8. The van der Waals surface area contributed by atoms with E-state index >= 15 is 0 Å². The maximum Gasteiger partial charge on any atom is 0.469 e. The minimum atomic E-state index is -4.69. The van der Waals surface area contributed by atoms with E-state index in [1.54, 1.807) is 24.6 Å². The Morgan fingerprint density at radius 2 is 1.91 bits per heavy atom. The van der Waals surface area contributed by atoms with Gasteiger partial charge >= 0.3 is 12.0 Å². The molecule has 0 aliphatic carbocycles. The van der Waals surface area contributed by atoms with Gasteiger partial charge in [-0.05, 0) is 38.1 Å². The normalized spacial score (nSPS) is 18.6. The molecule has 0 unspecified atom stereocenters. The van der Waals surface area contributed by atoms with Crippen LogP contribution in [-0.2, 0) is 12.5 Å². The number of carbonyl (C=O) groups excluding carboxylic acids is 1. The molecule has 0 bridgehead atoms. The highest BCUT2D eigenvalue weighted by molar-refractivity contribution is 5.93. The molecule has 8 nitrogen and oxygen atoms in total. The van der Waals surface area contributed by atoms with Crippen molar-refractivity contribution < 1.29 is 31.8 Å². The van der Waals surface area contributed by atoms with Crippen molar-refractivity contribution in [3.63, 3.8) is 0 Å². The second-order valence-corrected chi connectivity index (χ2v) is 8.46. The summed E-state index contributed by atoms with van der Waals surface area (Å²) in [6.07, 6.45) is -1.47. The Kier molecular flexibility index (Phi) is 5.15. The fourth-order valence-corrected chi connectivity index (χ4v) is 4.28. The topological polar surface area (TPSA) is 78.6 Å². The van der Waals surface area contributed by atoms with E-state index in [9.17, 15) is 27.2 Å². The van der Waals surface area contributed by atoms with Crippen LogP contribution in [0.15, 0.2) is 47.7 Å². The van der Waals surface area contributed by atoms with Gasteiger partial charge in [-0.2, -0.15) is 17.6 Å². The molecule has 0 radical (unpaired) electrons. The zero-order valence-corrected chi connectivity index (χ0v) is 18.7. The lowest BCUT2D eigenvalue weighted by Gasteiger charge is -2.34. The molecule has 12 heteroatoms. The van der Waals surface area contributed by atoms with Crippen molar-refractivity contribution in [2.24, 2.45) is 0 Å². The van der Waals surface area contributed by atoms with Crippen molar-refractivity contribution in [1.29, 1.82) is 0 Å².